The van der Waals surface area contributed by atoms with E-state index in [0.717, 1.165) is 83.4 Å². The normalized spacial score (nSPS) is 14.4. The van der Waals surface area contributed by atoms with Gasteiger partial charge in [-0.05, 0) is 56.6 Å². The monoisotopic (exact) mass is 497 g/mol. The lowest BCUT2D eigenvalue weighted by molar-refractivity contribution is 0.288. The van der Waals surface area contributed by atoms with E-state index >= 15 is 0 Å². The van der Waals surface area contributed by atoms with E-state index in [1.165, 1.54) is 17.0 Å². The molecular weight excluding hydrogens is 466 g/mol. The largest absolute Gasteiger partial charge is 0.305 e. The van der Waals surface area contributed by atoms with Crippen LogP contribution in [0.3, 0.4) is 0 Å². The van der Waals surface area contributed by atoms with E-state index in [0.29, 0.717) is 0 Å². The predicted molar refractivity (Wildman–Crippen MR) is 146 cm³/mol. The number of aryl methyl sites for hydroxylation is 2. The van der Waals surface area contributed by atoms with Gasteiger partial charge >= 0.3 is 0 Å². The van der Waals surface area contributed by atoms with Crippen molar-refractivity contribution >= 4 is 28.3 Å². The molecule has 5 heterocycles. The molecule has 1 aliphatic heterocycles. The Morgan fingerprint density at radius 2 is 1.86 bits per heavy atom. The Hall–Kier alpha value is -3.23. The molecule has 0 N–H and O–H groups in total. The van der Waals surface area contributed by atoms with Crippen LogP contribution >= 0.6 is 11.8 Å². The first kappa shape index (κ1) is 23.2. The quantitative estimate of drug-likeness (QED) is 0.246. The molecule has 6 rings (SSSR count). The first-order valence-corrected chi connectivity index (χ1v) is 13.6. The molecule has 0 saturated carbocycles. The predicted octanol–water partition coefficient (Wildman–Crippen LogP) is 4.88. The SMILES string of the molecule is Cc1ccn2c3c(nc2c1)CCN(CCCSc1nnc(-c2cccc4nc(C)ccc24)n1C)CC3. The summed E-state index contributed by atoms with van der Waals surface area (Å²) in [5.74, 6) is 1.91. The van der Waals surface area contributed by atoms with Gasteiger partial charge in [0.05, 0.1) is 11.2 Å². The van der Waals surface area contributed by atoms with E-state index < -0.39 is 0 Å². The standard InChI is InChI=1S/C28H31N7S/c1-19-10-16-35-25-12-15-34(14-11-24(25)30-26(35)18-19)13-5-17-36-28-32-31-27(33(28)3)22-6-4-7-23-21(22)9-8-20(2)29-23/h4,6-10,16,18H,5,11-15,17H2,1-3H3. The molecule has 1 aliphatic rings. The van der Waals surface area contributed by atoms with E-state index in [-0.39, 0.29) is 0 Å². The molecule has 7 nitrogen and oxygen atoms in total. The zero-order valence-corrected chi connectivity index (χ0v) is 21.9. The lowest BCUT2D eigenvalue weighted by Crippen LogP contribution is -2.28. The topological polar surface area (TPSA) is 64.1 Å². The molecule has 0 spiro atoms. The van der Waals surface area contributed by atoms with Gasteiger partial charge < -0.3 is 13.9 Å². The van der Waals surface area contributed by atoms with Gasteiger partial charge in [-0.2, -0.15) is 0 Å². The summed E-state index contributed by atoms with van der Waals surface area (Å²) >= 11 is 1.79. The van der Waals surface area contributed by atoms with Crippen molar-refractivity contribution in [2.45, 2.75) is 38.3 Å². The molecule has 0 radical (unpaired) electrons. The molecule has 0 bridgehead atoms. The average molecular weight is 498 g/mol. The zero-order valence-electron chi connectivity index (χ0n) is 21.1. The van der Waals surface area contributed by atoms with Crippen LogP contribution in [0.2, 0.25) is 0 Å². The van der Waals surface area contributed by atoms with Gasteiger partial charge in [-0.15, -0.1) is 10.2 Å². The lowest BCUT2D eigenvalue weighted by Gasteiger charge is -2.19. The third-order valence-electron chi connectivity index (χ3n) is 7.09. The highest BCUT2D eigenvalue weighted by Gasteiger charge is 2.19. The maximum atomic E-state index is 4.92. The average Bonchev–Trinajstić information content (AvgIpc) is 3.34. The highest BCUT2D eigenvalue weighted by Crippen LogP contribution is 2.29. The summed E-state index contributed by atoms with van der Waals surface area (Å²) in [7, 11) is 2.06. The Labute approximate surface area is 215 Å². The Morgan fingerprint density at radius 1 is 0.972 bits per heavy atom. The number of fused-ring (bicyclic) bond motifs is 4. The fraction of sp³-hybridized carbons (Fsp3) is 0.357. The maximum Gasteiger partial charge on any atom is 0.191 e. The highest BCUT2D eigenvalue weighted by molar-refractivity contribution is 7.99. The van der Waals surface area contributed by atoms with Crippen molar-refractivity contribution in [1.29, 1.82) is 0 Å². The second kappa shape index (κ2) is 9.67. The van der Waals surface area contributed by atoms with Crippen LogP contribution in [-0.4, -0.2) is 59.4 Å². The molecule has 0 saturated heterocycles. The summed E-state index contributed by atoms with van der Waals surface area (Å²) < 4.78 is 4.39. The fourth-order valence-corrected chi connectivity index (χ4v) is 5.99. The number of benzene rings is 1. The van der Waals surface area contributed by atoms with Crippen molar-refractivity contribution in [3.63, 3.8) is 0 Å². The van der Waals surface area contributed by atoms with Gasteiger partial charge in [0.25, 0.3) is 0 Å². The van der Waals surface area contributed by atoms with Crippen LogP contribution in [0, 0.1) is 13.8 Å². The Morgan fingerprint density at radius 3 is 2.78 bits per heavy atom. The third-order valence-corrected chi connectivity index (χ3v) is 8.20. The van der Waals surface area contributed by atoms with Crippen LogP contribution in [0.1, 0.15) is 29.1 Å². The third kappa shape index (κ3) is 4.40. The highest BCUT2D eigenvalue weighted by atomic mass is 32.2. The van der Waals surface area contributed by atoms with Crippen LogP contribution in [0.5, 0.6) is 0 Å². The molecule has 5 aromatic rings. The number of imidazole rings is 1. The van der Waals surface area contributed by atoms with E-state index in [4.69, 9.17) is 4.98 Å². The molecule has 0 unspecified atom stereocenters. The molecule has 0 atom stereocenters. The van der Waals surface area contributed by atoms with Crippen molar-refractivity contribution in [3.05, 3.63) is 71.3 Å². The Balaban J connectivity index is 1.06. The molecular formula is C28H31N7S. The molecule has 1 aromatic carbocycles. The molecule has 4 aromatic heterocycles. The van der Waals surface area contributed by atoms with Crippen molar-refractivity contribution in [2.24, 2.45) is 7.05 Å². The lowest BCUT2D eigenvalue weighted by atomic mass is 10.1. The summed E-state index contributed by atoms with van der Waals surface area (Å²) in [6, 6.07) is 14.7. The zero-order chi connectivity index (χ0) is 24.6. The van der Waals surface area contributed by atoms with Gasteiger partial charge in [-0.3, -0.25) is 4.98 Å². The minimum Gasteiger partial charge on any atom is -0.305 e. The van der Waals surface area contributed by atoms with Gasteiger partial charge in [0, 0.05) is 67.3 Å². The van der Waals surface area contributed by atoms with Gasteiger partial charge in [0.2, 0.25) is 0 Å². The van der Waals surface area contributed by atoms with Crippen molar-refractivity contribution in [3.8, 4) is 11.4 Å². The number of hydrogen-bond acceptors (Lipinski definition) is 6. The molecule has 0 fully saturated rings. The van der Waals surface area contributed by atoms with Crippen LogP contribution < -0.4 is 0 Å². The molecule has 184 valence electrons. The summed E-state index contributed by atoms with van der Waals surface area (Å²) in [6.45, 7) is 7.40. The van der Waals surface area contributed by atoms with Gasteiger partial charge in [-0.1, -0.05) is 30.0 Å². The number of nitrogens with zero attached hydrogens (tertiary/aromatic N) is 7. The second-order valence-corrected chi connectivity index (χ2v) is 10.7. The van der Waals surface area contributed by atoms with E-state index in [9.17, 15) is 0 Å². The number of pyridine rings is 2. The second-order valence-electron chi connectivity index (χ2n) is 9.67. The van der Waals surface area contributed by atoms with Crippen molar-refractivity contribution in [1.82, 2.24) is 34.0 Å². The minimum absolute atomic E-state index is 0.888. The summed E-state index contributed by atoms with van der Waals surface area (Å²) in [4.78, 5) is 12.2. The number of rotatable bonds is 6. The molecule has 0 aliphatic carbocycles. The maximum absolute atomic E-state index is 4.92. The number of thioether (sulfide) groups is 1. The van der Waals surface area contributed by atoms with Crippen molar-refractivity contribution in [2.75, 3.05) is 25.4 Å². The van der Waals surface area contributed by atoms with Gasteiger partial charge in [0.1, 0.15) is 5.65 Å². The number of aromatic nitrogens is 6. The smallest absolute Gasteiger partial charge is 0.191 e. The van der Waals surface area contributed by atoms with Gasteiger partial charge in [-0.25, -0.2) is 4.98 Å². The molecule has 36 heavy (non-hydrogen) atoms. The fourth-order valence-electron chi connectivity index (χ4n) is 5.15. The van der Waals surface area contributed by atoms with E-state index in [2.05, 4.69) is 85.6 Å². The molecule has 0 amide bonds. The minimum atomic E-state index is 0.888. The molecule has 8 heteroatoms. The first-order valence-electron chi connectivity index (χ1n) is 12.6. The summed E-state index contributed by atoms with van der Waals surface area (Å²) in [6.07, 6.45) is 5.37. The number of hydrogen-bond donors (Lipinski definition) is 0. The van der Waals surface area contributed by atoms with Crippen LogP contribution in [0.4, 0.5) is 0 Å². The van der Waals surface area contributed by atoms with E-state index in [1.807, 2.05) is 13.0 Å². The van der Waals surface area contributed by atoms with E-state index in [1.54, 1.807) is 11.8 Å². The Kier molecular flexibility index (Phi) is 6.23. The Bertz CT molecular complexity index is 1550. The summed E-state index contributed by atoms with van der Waals surface area (Å²) in [5.41, 5.74) is 8.09. The van der Waals surface area contributed by atoms with Crippen LogP contribution in [0.25, 0.3) is 27.9 Å². The first-order chi connectivity index (χ1) is 17.6. The van der Waals surface area contributed by atoms with Crippen LogP contribution in [0.15, 0.2) is 53.8 Å². The van der Waals surface area contributed by atoms with Crippen molar-refractivity contribution < 1.29 is 0 Å². The van der Waals surface area contributed by atoms with Crippen LogP contribution in [-0.2, 0) is 19.9 Å². The summed E-state index contributed by atoms with van der Waals surface area (Å²) in [5, 5.41) is 11.1. The van der Waals surface area contributed by atoms with Gasteiger partial charge in [0.15, 0.2) is 11.0 Å².